The first-order valence-electron chi connectivity index (χ1n) is 12.1. The zero-order valence-electron chi connectivity index (χ0n) is 24.2. The van der Waals surface area contributed by atoms with Crippen LogP contribution < -0.4 is 17.2 Å². The third-order valence-corrected chi connectivity index (χ3v) is 5.49. The quantitative estimate of drug-likeness (QED) is 0.0888. The molecule has 15 heteroatoms. The first-order chi connectivity index (χ1) is 17.3. The summed E-state index contributed by atoms with van der Waals surface area (Å²) in [7, 11) is 0. The molecule has 0 spiro atoms. The highest BCUT2D eigenvalue weighted by atomic mass is 79.9. The van der Waals surface area contributed by atoms with Crippen molar-refractivity contribution < 1.29 is 43.9 Å². The topological polar surface area (TPSA) is 218 Å². The molecule has 0 aliphatic heterocycles. The fraction of sp³-hybridized carbons (Fsp3) is 0.875. The Morgan fingerprint density at radius 3 is 1.36 bits per heavy atom. The summed E-state index contributed by atoms with van der Waals surface area (Å²) in [6.45, 7) is 13.1. The van der Waals surface area contributed by atoms with Crippen molar-refractivity contribution >= 4 is 65.7 Å². The van der Waals surface area contributed by atoms with E-state index in [4.69, 9.17) is 46.7 Å². The lowest BCUT2D eigenvalue weighted by molar-refractivity contribution is -0.148. The van der Waals surface area contributed by atoms with Crippen molar-refractivity contribution in [1.82, 2.24) is 0 Å². The first kappa shape index (κ1) is 43.1. The van der Waals surface area contributed by atoms with Gasteiger partial charge < -0.3 is 46.7 Å². The van der Waals surface area contributed by atoms with Crippen molar-refractivity contribution in [3.05, 3.63) is 0 Å². The second-order valence-corrected chi connectivity index (χ2v) is 16.7. The van der Waals surface area contributed by atoms with Gasteiger partial charge in [-0.25, -0.2) is 0 Å². The van der Waals surface area contributed by atoms with E-state index in [2.05, 4.69) is 47.8 Å². The van der Waals surface area contributed by atoms with Crippen LogP contribution >= 0.6 is 47.8 Å². The second-order valence-electron chi connectivity index (χ2n) is 10.8. The van der Waals surface area contributed by atoms with Crippen LogP contribution in [0.5, 0.6) is 0 Å². The van der Waals surface area contributed by atoms with E-state index < -0.39 is 36.1 Å². The molecule has 0 saturated heterocycles. The van der Waals surface area contributed by atoms with Crippen molar-refractivity contribution in [3.63, 3.8) is 0 Å². The van der Waals surface area contributed by atoms with Crippen molar-refractivity contribution in [3.8, 4) is 0 Å². The van der Waals surface area contributed by atoms with Gasteiger partial charge in [-0.1, -0.05) is 54.7 Å². The monoisotopic (exact) mass is 759 g/mol. The molecule has 0 amide bonds. The number of aliphatic hydroxyl groups is 3. The molecule has 3 unspecified atom stereocenters. The second kappa shape index (κ2) is 18.9. The van der Waals surface area contributed by atoms with Gasteiger partial charge in [-0.2, -0.15) is 0 Å². The number of hydrogen-bond acceptors (Lipinski definition) is 12. The number of ether oxygens (including phenoxy) is 3. The van der Waals surface area contributed by atoms with E-state index in [0.717, 1.165) is 0 Å². The van der Waals surface area contributed by atoms with Gasteiger partial charge in [0.15, 0.2) is 0 Å². The van der Waals surface area contributed by atoms with Crippen molar-refractivity contribution in [2.45, 2.75) is 91.9 Å². The number of carbonyl (C=O) groups is 3. The molecular formula is C24H48Br3N3O9. The summed E-state index contributed by atoms with van der Waals surface area (Å²) in [5.41, 5.74) is 14.9. The molecule has 0 fully saturated rings. The number of halogens is 3. The lowest BCUT2D eigenvalue weighted by Crippen LogP contribution is -2.48. The van der Waals surface area contributed by atoms with Crippen LogP contribution in [0.15, 0.2) is 0 Å². The van der Waals surface area contributed by atoms with Crippen LogP contribution in [-0.4, -0.2) is 103 Å². The molecular weight excluding hydrogens is 714 g/mol. The van der Waals surface area contributed by atoms with Crippen LogP contribution in [0, 0.1) is 0 Å². The normalized spacial score (nSPS) is 15.6. The molecule has 0 radical (unpaired) electrons. The Kier molecular flexibility index (Phi) is 20.9. The summed E-state index contributed by atoms with van der Waals surface area (Å²) in [6.07, 6.45) is 0.555. The molecule has 0 aliphatic carbocycles. The smallest absolute Gasteiger partial charge is 0.322 e. The zero-order valence-corrected chi connectivity index (χ0v) is 28.9. The van der Waals surface area contributed by atoms with Crippen LogP contribution in [-0.2, 0) is 28.6 Å². The number of hydrogen-bond donors (Lipinski definition) is 6. The molecule has 12 nitrogen and oxygen atoms in total. The third kappa shape index (κ3) is 22.9. The predicted octanol–water partition coefficient (Wildman–Crippen LogP) is 1.24. The van der Waals surface area contributed by atoms with Gasteiger partial charge >= 0.3 is 17.9 Å². The Labute approximate surface area is 257 Å². The minimum Gasteiger partial charge on any atom is -0.463 e. The van der Waals surface area contributed by atoms with E-state index in [-0.39, 0.29) is 51.6 Å². The molecule has 0 saturated carbocycles. The lowest BCUT2D eigenvalue weighted by atomic mass is 10.0. The molecule has 0 aromatic heterocycles. The maximum atomic E-state index is 11.3. The molecule has 0 bridgehead atoms. The molecule has 0 aromatic carbocycles. The summed E-state index contributed by atoms with van der Waals surface area (Å²) in [5.74, 6) is -1.15. The zero-order chi connectivity index (χ0) is 31.9. The molecule has 0 aromatic rings. The summed E-state index contributed by atoms with van der Waals surface area (Å²) in [4.78, 5) is 33.6. The summed E-state index contributed by atoms with van der Waals surface area (Å²) >= 11 is 9.47. The standard InChI is InChI=1S/C9H18BrNO3.C8H16BrNO3.C7H14BrNO3/c1-4-9(11,5-12)6-14-7(13)8(2,3)10;1-7(2,9)6(12)13-5-8(3,10)4-11;1-7(2,8)6(11)12-4-5(9)3-10/h12H,4-6,11H2,1-3H3;11H,4-5,10H2,1-3H3;5,10H,3-4,9H2,1-2H3. The Bertz CT molecular complexity index is 731. The van der Waals surface area contributed by atoms with Crippen molar-refractivity contribution in [1.29, 1.82) is 0 Å². The van der Waals surface area contributed by atoms with Crippen LogP contribution in [0.2, 0.25) is 0 Å². The van der Waals surface area contributed by atoms with E-state index in [1.807, 2.05) is 6.92 Å². The number of alkyl halides is 3. The van der Waals surface area contributed by atoms with E-state index in [9.17, 15) is 14.4 Å². The lowest BCUT2D eigenvalue weighted by Gasteiger charge is -2.26. The maximum Gasteiger partial charge on any atom is 0.322 e. The first-order valence-corrected chi connectivity index (χ1v) is 14.4. The summed E-state index contributed by atoms with van der Waals surface area (Å²) in [5, 5.41) is 26.3. The molecule has 0 rings (SSSR count). The number of aliphatic hydroxyl groups excluding tert-OH is 3. The van der Waals surface area contributed by atoms with E-state index >= 15 is 0 Å². The minimum absolute atomic E-state index is 0.0113. The molecule has 0 heterocycles. The van der Waals surface area contributed by atoms with Gasteiger partial charge in [0.05, 0.1) is 36.9 Å². The van der Waals surface area contributed by atoms with Crippen LogP contribution in [0.1, 0.15) is 61.8 Å². The third-order valence-electron chi connectivity index (χ3n) is 4.52. The van der Waals surface area contributed by atoms with Crippen LogP contribution in [0.3, 0.4) is 0 Å². The molecule has 3 atom stereocenters. The van der Waals surface area contributed by atoms with Gasteiger partial charge in [-0.05, 0) is 54.9 Å². The number of esters is 3. The Morgan fingerprint density at radius 1 is 0.718 bits per heavy atom. The average Bonchev–Trinajstić information content (AvgIpc) is 2.82. The van der Waals surface area contributed by atoms with Crippen molar-refractivity contribution in [2.75, 3.05) is 39.6 Å². The molecule has 9 N–H and O–H groups in total. The fourth-order valence-electron chi connectivity index (χ4n) is 1.50. The van der Waals surface area contributed by atoms with E-state index in [0.29, 0.717) is 6.42 Å². The molecule has 234 valence electrons. The highest BCUT2D eigenvalue weighted by Crippen LogP contribution is 2.19. The van der Waals surface area contributed by atoms with Gasteiger partial charge in [-0.15, -0.1) is 0 Å². The van der Waals surface area contributed by atoms with Gasteiger partial charge in [0, 0.05) is 0 Å². The maximum absolute atomic E-state index is 11.3. The highest BCUT2D eigenvalue weighted by Gasteiger charge is 2.30. The van der Waals surface area contributed by atoms with Crippen LogP contribution in [0.4, 0.5) is 0 Å². The Morgan fingerprint density at radius 2 is 1.08 bits per heavy atom. The van der Waals surface area contributed by atoms with Gasteiger partial charge in [0.25, 0.3) is 0 Å². The fourth-order valence-corrected chi connectivity index (χ4v) is 1.84. The predicted molar refractivity (Wildman–Crippen MR) is 161 cm³/mol. The van der Waals surface area contributed by atoms with Crippen LogP contribution in [0.25, 0.3) is 0 Å². The largest absolute Gasteiger partial charge is 0.463 e. The number of rotatable bonds is 13. The van der Waals surface area contributed by atoms with E-state index in [1.165, 1.54) is 0 Å². The Hall–Kier alpha value is -0.390. The van der Waals surface area contributed by atoms with Crippen molar-refractivity contribution in [2.24, 2.45) is 17.2 Å². The van der Waals surface area contributed by atoms with E-state index in [1.54, 1.807) is 48.5 Å². The summed E-state index contributed by atoms with van der Waals surface area (Å²) in [6, 6.07) is -0.496. The highest BCUT2D eigenvalue weighted by molar-refractivity contribution is 9.10. The minimum atomic E-state index is -0.867. The summed E-state index contributed by atoms with van der Waals surface area (Å²) < 4.78 is 12.5. The van der Waals surface area contributed by atoms with Gasteiger partial charge in [-0.3, -0.25) is 14.4 Å². The molecule has 39 heavy (non-hydrogen) atoms. The van der Waals surface area contributed by atoms with Gasteiger partial charge in [0.2, 0.25) is 0 Å². The average molecular weight is 762 g/mol. The number of carbonyl (C=O) groups excluding carboxylic acids is 3. The number of nitrogens with two attached hydrogens (primary N) is 3. The SMILES string of the molecule is CC(C)(Br)C(=O)OCC(N)CO.CC(N)(CO)COC(=O)C(C)(C)Br.CCC(N)(CO)COC(=O)C(C)(C)Br. The Balaban J connectivity index is -0.000000500. The molecule has 0 aliphatic rings. The van der Waals surface area contributed by atoms with Gasteiger partial charge in [0.1, 0.15) is 32.8 Å².